The average molecular weight is 423 g/mol. The van der Waals surface area contributed by atoms with E-state index in [4.69, 9.17) is 11.6 Å². The number of anilines is 2. The second-order valence-electron chi connectivity index (χ2n) is 6.42. The van der Waals surface area contributed by atoms with E-state index in [0.29, 0.717) is 28.6 Å². The fourth-order valence-electron chi connectivity index (χ4n) is 2.93. The Morgan fingerprint density at radius 3 is 2.41 bits per heavy atom. The van der Waals surface area contributed by atoms with Crippen molar-refractivity contribution in [1.82, 2.24) is 9.78 Å². The normalized spacial score (nSPS) is 11.4. The van der Waals surface area contributed by atoms with Crippen molar-refractivity contribution >= 4 is 29.0 Å². The predicted molar refractivity (Wildman–Crippen MR) is 106 cm³/mol. The number of aromatic nitrogens is 2. The Balaban J connectivity index is 1.79. The van der Waals surface area contributed by atoms with Crippen LogP contribution in [0.2, 0.25) is 5.02 Å². The molecule has 152 valence electrons. The number of rotatable bonds is 4. The van der Waals surface area contributed by atoms with Crippen molar-refractivity contribution in [3.63, 3.8) is 0 Å². The van der Waals surface area contributed by atoms with Crippen molar-refractivity contribution in [3.05, 3.63) is 76.1 Å². The van der Waals surface area contributed by atoms with E-state index in [1.54, 1.807) is 24.6 Å². The number of carbonyl (C=O) groups is 1. The standard InChI is InChI=1S/C20H18ClF3N4O/c1-12-18(13(2)28(27-12)11-14-7-3-5-9-16(14)21)26-19(29)25-17-10-6-4-8-15(17)20(22,23)24/h3-10H,11H2,1-2H3,(H2,25,26,29). The average Bonchev–Trinajstić information content (AvgIpc) is 2.90. The van der Waals surface area contributed by atoms with Crippen molar-refractivity contribution in [2.75, 3.05) is 10.6 Å². The smallest absolute Gasteiger partial charge is 0.307 e. The Bertz CT molecular complexity index is 1050. The highest BCUT2D eigenvalue weighted by Crippen LogP contribution is 2.34. The van der Waals surface area contributed by atoms with Crippen LogP contribution >= 0.6 is 11.6 Å². The molecule has 3 rings (SSSR count). The Morgan fingerprint density at radius 1 is 1.07 bits per heavy atom. The summed E-state index contributed by atoms with van der Waals surface area (Å²) in [6.45, 7) is 3.86. The van der Waals surface area contributed by atoms with Gasteiger partial charge in [-0.15, -0.1) is 0 Å². The zero-order valence-corrected chi connectivity index (χ0v) is 16.4. The molecule has 0 aliphatic rings. The number of carbonyl (C=O) groups excluding carboxylic acids is 1. The molecule has 0 fully saturated rings. The van der Waals surface area contributed by atoms with Gasteiger partial charge in [-0.2, -0.15) is 18.3 Å². The highest BCUT2D eigenvalue weighted by molar-refractivity contribution is 6.31. The minimum atomic E-state index is -4.57. The third kappa shape index (κ3) is 4.71. The molecule has 2 aromatic carbocycles. The molecule has 0 spiro atoms. The van der Waals surface area contributed by atoms with Gasteiger partial charge >= 0.3 is 12.2 Å². The molecule has 0 unspecified atom stereocenters. The van der Waals surface area contributed by atoms with Crippen LogP contribution in [0, 0.1) is 13.8 Å². The van der Waals surface area contributed by atoms with Crippen molar-refractivity contribution < 1.29 is 18.0 Å². The molecule has 0 aliphatic heterocycles. The minimum Gasteiger partial charge on any atom is -0.307 e. The van der Waals surface area contributed by atoms with Crippen LogP contribution in [-0.2, 0) is 12.7 Å². The minimum absolute atomic E-state index is 0.323. The van der Waals surface area contributed by atoms with Crippen LogP contribution in [0.15, 0.2) is 48.5 Å². The molecule has 0 bridgehead atoms. The van der Waals surface area contributed by atoms with Gasteiger partial charge in [-0.1, -0.05) is 41.9 Å². The molecule has 0 radical (unpaired) electrons. The Kier molecular flexibility index (Phi) is 5.83. The lowest BCUT2D eigenvalue weighted by Gasteiger charge is -2.14. The number of alkyl halides is 3. The van der Waals surface area contributed by atoms with Crippen LogP contribution in [0.25, 0.3) is 0 Å². The van der Waals surface area contributed by atoms with E-state index < -0.39 is 17.8 Å². The molecular formula is C20H18ClF3N4O. The van der Waals surface area contributed by atoms with Gasteiger partial charge in [-0.3, -0.25) is 4.68 Å². The molecule has 29 heavy (non-hydrogen) atoms. The van der Waals surface area contributed by atoms with Crippen LogP contribution in [0.3, 0.4) is 0 Å². The van der Waals surface area contributed by atoms with E-state index in [-0.39, 0.29) is 5.69 Å². The number of benzene rings is 2. The number of urea groups is 1. The summed E-state index contributed by atoms with van der Waals surface area (Å²) >= 11 is 6.19. The second kappa shape index (κ2) is 8.16. The molecule has 1 heterocycles. The molecule has 2 N–H and O–H groups in total. The van der Waals surface area contributed by atoms with Gasteiger partial charge in [0.1, 0.15) is 0 Å². The van der Waals surface area contributed by atoms with E-state index in [2.05, 4.69) is 15.7 Å². The third-order valence-electron chi connectivity index (χ3n) is 4.38. The molecule has 0 saturated heterocycles. The first-order chi connectivity index (χ1) is 13.7. The summed E-state index contributed by atoms with van der Waals surface area (Å²) in [4.78, 5) is 12.3. The lowest BCUT2D eigenvalue weighted by Crippen LogP contribution is -2.22. The van der Waals surface area contributed by atoms with Crippen LogP contribution in [0.5, 0.6) is 0 Å². The number of amides is 2. The van der Waals surface area contributed by atoms with E-state index in [9.17, 15) is 18.0 Å². The number of aryl methyl sites for hydroxylation is 1. The first-order valence-electron chi connectivity index (χ1n) is 8.68. The summed E-state index contributed by atoms with van der Waals surface area (Å²) in [5.41, 5.74) is 1.23. The number of para-hydroxylation sites is 1. The zero-order chi connectivity index (χ0) is 21.2. The Morgan fingerprint density at radius 2 is 1.72 bits per heavy atom. The van der Waals surface area contributed by atoms with Crippen molar-refractivity contribution in [2.24, 2.45) is 0 Å². The fourth-order valence-corrected chi connectivity index (χ4v) is 3.12. The van der Waals surface area contributed by atoms with Gasteiger partial charge in [-0.25, -0.2) is 4.79 Å². The molecule has 0 aliphatic carbocycles. The summed E-state index contributed by atoms with van der Waals surface area (Å²) in [5.74, 6) is 0. The number of hydrogen-bond donors (Lipinski definition) is 2. The maximum absolute atomic E-state index is 13.1. The number of nitrogens with zero attached hydrogens (tertiary/aromatic N) is 2. The maximum atomic E-state index is 13.1. The summed E-state index contributed by atoms with van der Waals surface area (Å²) < 4.78 is 41.0. The van der Waals surface area contributed by atoms with Gasteiger partial charge in [0.05, 0.1) is 34.9 Å². The second-order valence-corrected chi connectivity index (χ2v) is 6.82. The first-order valence-corrected chi connectivity index (χ1v) is 9.06. The molecule has 3 aromatic rings. The maximum Gasteiger partial charge on any atom is 0.418 e. The molecule has 5 nitrogen and oxygen atoms in total. The number of hydrogen-bond acceptors (Lipinski definition) is 2. The molecule has 0 saturated carbocycles. The number of halogens is 4. The van der Waals surface area contributed by atoms with Crippen molar-refractivity contribution in [3.8, 4) is 0 Å². The lowest BCUT2D eigenvalue weighted by atomic mass is 10.1. The van der Waals surface area contributed by atoms with Gasteiger partial charge in [0.15, 0.2) is 0 Å². The van der Waals surface area contributed by atoms with Gasteiger partial charge in [0.25, 0.3) is 0 Å². The summed E-state index contributed by atoms with van der Waals surface area (Å²) in [6, 6.07) is 11.3. The molecular weight excluding hydrogens is 405 g/mol. The SMILES string of the molecule is Cc1nn(Cc2ccccc2Cl)c(C)c1NC(=O)Nc1ccccc1C(F)(F)F. The molecule has 9 heteroatoms. The lowest BCUT2D eigenvalue weighted by molar-refractivity contribution is -0.136. The largest absolute Gasteiger partial charge is 0.418 e. The summed E-state index contributed by atoms with van der Waals surface area (Å²) in [7, 11) is 0. The Hall–Kier alpha value is -3.00. The predicted octanol–water partition coefficient (Wildman–Crippen LogP) is 5.86. The summed E-state index contributed by atoms with van der Waals surface area (Å²) in [5, 5.41) is 9.85. The fraction of sp³-hybridized carbons (Fsp3) is 0.200. The van der Waals surface area contributed by atoms with Gasteiger partial charge in [0, 0.05) is 5.02 Å². The van der Waals surface area contributed by atoms with E-state index in [0.717, 1.165) is 11.6 Å². The van der Waals surface area contributed by atoms with Gasteiger partial charge < -0.3 is 10.6 Å². The number of nitrogens with one attached hydrogen (secondary N) is 2. The quantitative estimate of drug-likeness (QED) is 0.553. The van der Waals surface area contributed by atoms with E-state index in [1.807, 2.05) is 18.2 Å². The Labute approximate surface area is 170 Å². The van der Waals surface area contributed by atoms with Crippen LogP contribution in [-0.4, -0.2) is 15.8 Å². The van der Waals surface area contributed by atoms with Gasteiger partial charge in [0.2, 0.25) is 0 Å². The highest BCUT2D eigenvalue weighted by atomic mass is 35.5. The molecule has 0 atom stereocenters. The van der Waals surface area contributed by atoms with Crippen molar-refractivity contribution in [1.29, 1.82) is 0 Å². The van der Waals surface area contributed by atoms with Gasteiger partial charge in [-0.05, 0) is 37.6 Å². The highest BCUT2D eigenvalue weighted by Gasteiger charge is 2.33. The topological polar surface area (TPSA) is 59.0 Å². The summed E-state index contributed by atoms with van der Waals surface area (Å²) in [6.07, 6.45) is -4.57. The van der Waals surface area contributed by atoms with E-state index in [1.165, 1.54) is 18.2 Å². The van der Waals surface area contributed by atoms with Crippen LogP contribution in [0.1, 0.15) is 22.5 Å². The van der Waals surface area contributed by atoms with Crippen LogP contribution in [0.4, 0.5) is 29.3 Å². The van der Waals surface area contributed by atoms with Crippen molar-refractivity contribution in [2.45, 2.75) is 26.6 Å². The monoisotopic (exact) mass is 422 g/mol. The third-order valence-corrected chi connectivity index (χ3v) is 4.75. The molecule has 1 aromatic heterocycles. The van der Waals surface area contributed by atoms with E-state index >= 15 is 0 Å². The zero-order valence-electron chi connectivity index (χ0n) is 15.6. The molecule has 2 amide bonds. The van der Waals surface area contributed by atoms with Crippen LogP contribution < -0.4 is 10.6 Å². The first kappa shape index (κ1) is 20.7.